The highest BCUT2D eigenvalue weighted by atomic mass is 16.5. The maximum absolute atomic E-state index is 12.7. The molecule has 0 unspecified atom stereocenters. The van der Waals surface area contributed by atoms with Crippen molar-refractivity contribution in [2.75, 3.05) is 19.5 Å². The van der Waals surface area contributed by atoms with Gasteiger partial charge in [0.15, 0.2) is 11.2 Å². The number of carbonyl (C=O) groups excluding carboxylic acids is 1. The summed E-state index contributed by atoms with van der Waals surface area (Å²) >= 11 is 0. The average molecular weight is 375 g/mol. The summed E-state index contributed by atoms with van der Waals surface area (Å²) in [7, 11) is 3.06. The van der Waals surface area contributed by atoms with E-state index in [-0.39, 0.29) is 5.91 Å². The zero-order valence-electron chi connectivity index (χ0n) is 15.3. The number of hydrogen-bond acceptors (Lipinski definition) is 6. The van der Waals surface area contributed by atoms with E-state index >= 15 is 0 Å². The van der Waals surface area contributed by atoms with E-state index in [0.29, 0.717) is 39.9 Å². The molecule has 0 atom stereocenters. The molecule has 1 N–H and O–H groups in total. The topological polar surface area (TPSA) is 86.5 Å². The number of nitrogens with one attached hydrogen (secondary N) is 1. The van der Waals surface area contributed by atoms with Crippen molar-refractivity contribution in [3.63, 3.8) is 0 Å². The van der Waals surface area contributed by atoms with Crippen LogP contribution in [0.3, 0.4) is 0 Å². The number of anilines is 1. The Balaban J connectivity index is 1.61. The number of ether oxygens (including phenoxy) is 2. The second-order valence-electron chi connectivity index (χ2n) is 5.95. The van der Waals surface area contributed by atoms with Gasteiger partial charge in [-0.05, 0) is 42.5 Å². The van der Waals surface area contributed by atoms with Crippen LogP contribution in [0.1, 0.15) is 10.4 Å². The molecule has 7 nitrogen and oxygen atoms in total. The standard InChI is InChI=1S/C21H17N3O4/c1-26-15-8-9-16(18(12-15)27-2)20(25)23-14-6-3-5-13(11-14)21-24-19-17(28-21)7-4-10-22-19/h3-12H,1-2H3,(H,23,25). The van der Waals surface area contributed by atoms with Crippen molar-refractivity contribution in [2.24, 2.45) is 0 Å². The van der Waals surface area contributed by atoms with Gasteiger partial charge in [0, 0.05) is 23.5 Å². The third kappa shape index (κ3) is 3.37. The second-order valence-corrected chi connectivity index (χ2v) is 5.95. The van der Waals surface area contributed by atoms with E-state index < -0.39 is 0 Å². The minimum Gasteiger partial charge on any atom is -0.497 e. The molecule has 2 aromatic carbocycles. The molecule has 0 aliphatic heterocycles. The lowest BCUT2D eigenvalue weighted by atomic mass is 10.1. The molecule has 0 saturated carbocycles. The van der Waals surface area contributed by atoms with Gasteiger partial charge in [0.05, 0.1) is 19.8 Å². The van der Waals surface area contributed by atoms with E-state index in [1.54, 1.807) is 55.8 Å². The van der Waals surface area contributed by atoms with Crippen molar-refractivity contribution in [2.45, 2.75) is 0 Å². The first-order valence-electron chi connectivity index (χ1n) is 8.53. The molecule has 0 radical (unpaired) electrons. The van der Waals surface area contributed by atoms with Gasteiger partial charge in [-0.25, -0.2) is 4.98 Å². The summed E-state index contributed by atoms with van der Waals surface area (Å²) in [5.41, 5.74) is 2.89. The Labute approximate surface area is 160 Å². The number of amides is 1. The van der Waals surface area contributed by atoms with E-state index in [1.807, 2.05) is 12.1 Å². The van der Waals surface area contributed by atoms with E-state index in [1.165, 1.54) is 7.11 Å². The summed E-state index contributed by atoms with van der Waals surface area (Å²) in [6.45, 7) is 0. The molecular formula is C21H17N3O4. The SMILES string of the molecule is COc1ccc(C(=O)Nc2cccc(-c3nc4ncccc4o3)c2)c(OC)c1. The van der Waals surface area contributed by atoms with Crippen LogP contribution in [-0.4, -0.2) is 30.1 Å². The van der Waals surface area contributed by atoms with Crippen molar-refractivity contribution in [1.82, 2.24) is 9.97 Å². The second kappa shape index (κ2) is 7.40. The summed E-state index contributed by atoms with van der Waals surface area (Å²) in [6, 6.07) is 15.9. The zero-order chi connectivity index (χ0) is 19.5. The summed E-state index contributed by atoms with van der Waals surface area (Å²) in [5, 5.41) is 2.87. The molecule has 0 fully saturated rings. The molecule has 7 heteroatoms. The number of fused-ring (bicyclic) bond motifs is 1. The van der Waals surface area contributed by atoms with Gasteiger partial charge in [0.2, 0.25) is 5.89 Å². The number of benzene rings is 2. The van der Waals surface area contributed by atoms with Gasteiger partial charge in [0.1, 0.15) is 11.5 Å². The maximum Gasteiger partial charge on any atom is 0.259 e. The molecule has 0 aliphatic rings. The first-order chi connectivity index (χ1) is 13.7. The molecule has 1 amide bonds. The van der Waals surface area contributed by atoms with E-state index in [0.717, 1.165) is 5.56 Å². The van der Waals surface area contributed by atoms with Crippen LogP contribution in [0.15, 0.2) is 65.2 Å². The Bertz CT molecular complexity index is 1120. The van der Waals surface area contributed by atoms with Gasteiger partial charge in [-0.1, -0.05) is 6.07 Å². The Kier molecular flexibility index (Phi) is 4.63. The molecule has 0 saturated heterocycles. The third-order valence-electron chi connectivity index (χ3n) is 4.19. The summed E-state index contributed by atoms with van der Waals surface area (Å²) < 4.78 is 16.2. The van der Waals surface area contributed by atoms with Gasteiger partial charge in [-0.15, -0.1) is 0 Å². The predicted molar refractivity (Wildman–Crippen MR) is 105 cm³/mol. The number of methoxy groups -OCH3 is 2. The molecule has 0 spiro atoms. The highest BCUT2D eigenvalue weighted by Gasteiger charge is 2.15. The highest BCUT2D eigenvalue weighted by molar-refractivity contribution is 6.06. The number of nitrogens with zero attached hydrogens (tertiary/aromatic N) is 2. The number of hydrogen-bond donors (Lipinski definition) is 1. The van der Waals surface area contributed by atoms with Gasteiger partial charge >= 0.3 is 0 Å². The Morgan fingerprint density at radius 1 is 1.04 bits per heavy atom. The minimum atomic E-state index is -0.295. The first-order valence-corrected chi connectivity index (χ1v) is 8.53. The summed E-state index contributed by atoms with van der Waals surface area (Å²) in [5.74, 6) is 1.18. The summed E-state index contributed by atoms with van der Waals surface area (Å²) in [6.07, 6.45) is 1.66. The molecule has 4 rings (SSSR count). The molecule has 0 bridgehead atoms. The van der Waals surface area contributed by atoms with Crippen LogP contribution in [0, 0.1) is 0 Å². The molecule has 2 heterocycles. The fourth-order valence-corrected chi connectivity index (χ4v) is 2.81. The van der Waals surface area contributed by atoms with Crippen molar-refractivity contribution in [3.05, 3.63) is 66.4 Å². The fraction of sp³-hybridized carbons (Fsp3) is 0.0952. The third-order valence-corrected chi connectivity index (χ3v) is 4.19. The number of carbonyl (C=O) groups is 1. The quantitative estimate of drug-likeness (QED) is 0.564. The van der Waals surface area contributed by atoms with E-state index in [2.05, 4.69) is 15.3 Å². The first kappa shape index (κ1) is 17.5. The maximum atomic E-state index is 12.7. The largest absolute Gasteiger partial charge is 0.497 e. The number of aromatic nitrogens is 2. The van der Waals surface area contributed by atoms with Crippen LogP contribution in [0.25, 0.3) is 22.7 Å². The Hall–Kier alpha value is -3.87. The van der Waals surface area contributed by atoms with Gasteiger partial charge in [-0.2, -0.15) is 4.98 Å². The van der Waals surface area contributed by atoms with Gasteiger partial charge in [0.25, 0.3) is 5.91 Å². The smallest absolute Gasteiger partial charge is 0.259 e. The van der Waals surface area contributed by atoms with Gasteiger partial charge < -0.3 is 19.2 Å². The zero-order valence-corrected chi connectivity index (χ0v) is 15.3. The number of oxazole rings is 1. The normalized spacial score (nSPS) is 10.6. The number of pyridine rings is 1. The number of rotatable bonds is 5. The van der Waals surface area contributed by atoms with Crippen LogP contribution < -0.4 is 14.8 Å². The van der Waals surface area contributed by atoms with E-state index in [4.69, 9.17) is 13.9 Å². The van der Waals surface area contributed by atoms with Crippen molar-refractivity contribution < 1.29 is 18.7 Å². The predicted octanol–water partition coefficient (Wildman–Crippen LogP) is 4.16. The van der Waals surface area contributed by atoms with Crippen LogP contribution in [0.5, 0.6) is 11.5 Å². The van der Waals surface area contributed by atoms with Crippen molar-refractivity contribution in [3.8, 4) is 23.0 Å². The summed E-state index contributed by atoms with van der Waals surface area (Å²) in [4.78, 5) is 21.3. The lowest BCUT2D eigenvalue weighted by Gasteiger charge is -2.11. The molecule has 2 aromatic heterocycles. The van der Waals surface area contributed by atoms with Crippen LogP contribution in [0.2, 0.25) is 0 Å². The van der Waals surface area contributed by atoms with Gasteiger partial charge in [-0.3, -0.25) is 4.79 Å². The van der Waals surface area contributed by atoms with Crippen molar-refractivity contribution >= 4 is 22.8 Å². The highest BCUT2D eigenvalue weighted by Crippen LogP contribution is 2.27. The van der Waals surface area contributed by atoms with Crippen LogP contribution in [-0.2, 0) is 0 Å². The monoisotopic (exact) mass is 375 g/mol. The molecule has 28 heavy (non-hydrogen) atoms. The van der Waals surface area contributed by atoms with Crippen molar-refractivity contribution in [1.29, 1.82) is 0 Å². The minimum absolute atomic E-state index is 0.295. The lowest BCUT2D eigenvalue weighted by Crippen LogP contribution is -2.13. The van der Waals surface area contributed by atoms with Crippen LogP contribution in [0.4, 0.5) is 5.69 Å². The average Bonchev–Trinajstić information content (AvgIpc) is 3.17. The van der Waals surface area contributed by atoms with E-state index in [9.17, 15) is 4.79 Å². The Morgan fingerprint density at radius 2 is 1.93 bits per heavy atom. The molecule has 140 valence electrons. The molecule has 0 aliphatic carbocycles. The molecular weight excluding hydrogens is 358 g/mol. The molecule has 4 aromatic rings. The fourth-order valence-electron chi connectivity index (χ4n) is 2.81. The lowest BCUT2D eigenvalue weighted by molar-refractivity contribution is 0.102. The Morgan fingerprint density at radius 3 is 2.71 bits per heavy atom. The van der Waals surface area contributed by atoms with Crippen LogP contribution >= 0.6 is 0 Å².